The number of allylic oxidation sites excluding steroid dienone is 1. The summed E-state index contributed by atoms with van der Waals surface area (Å²) in [5.41, 5.74) is -2.28. The Hall–Kier alpha value is -4.13. The summed E-state index contributed by atoms with van der Waals surface area (Å²) in [4.78, 5) is 76.8. The number of hydrogen-bond acceptors (Lipinski definition) is 10. The molecule has 0 radical (unpaired) electrons. The fourth-order valence-corrected chi connectivity index (χ4v) is 3.21. The van der Waals surface area contributed by atoms with Crippen LogP contribution in [-0.2, 0) is 35.1 Å². The molecular weight excluding hydrogens is 646 g/mol. The van der Waals surface area contributed by atoms with Gasteiger partial charge in [-0.15, -0.1) is 11.6 Å². The summed E-state index contributed by atoms with van der Waals surface area (Å²) in [6, 6.07) is 5.95. The van der Waals surface area contributed by atoms with Crippen LogP contribution in [0.1, 0.15) is 95.6 Å². The van der Waals surface area contributed by atoms with E-state index >= 15 is 0 Å². The second-order valence-electron chi connectivity index (χ2n) is 12.8. The Bertz CT molecular complexity index is 1200. The molecule has 0 heterocycles. The number of amides is 5. The summed E-state index contributed by atoms with van der Waals surface area (Å²) in [5.74, 6) is -0.944. The summed E-state index contributed by atoms with van der Waals surface area (Å²) in [6.07, 6.45) is -2.60. The second-order valence-corrected chi connectivity index (χ2v) is 13.0. The number of nitrogens with zero attached hydrogens (tertiary/aromatic N) is 3. The smallest absolute Gasteiger partial charge is 0.421 e. The number of rotatable bonds is 8. The van der Waals surface area contributed by atoms with Gasteiger partial charge in [0, 0.05) is 6.54 Å². The first-order valence-corrected chi connectivity index (χ1v) is 16.0. The minimum atomic E-state index is -1.13. The lowest BCUT2D eigenvalue weighted by Crippen LogP contribution is -2.51. The van der Waals surface area contributed by atoms with Gasteiger partial charge in [-0.05, 0) is 99.9 Å². The zero-order valence-corrected chi connectivity index (χ0v) is 31.5. The van der Waals surface area contributed by atoms with Crippen LogP contribution in [0.15, 0.2) is 36.9 Å². The van der Waals surface area contributed by atoms with Crippen LogP contribution in [0.25, 0.3) is 0 Å². The second kappa shape index (κ2) is 21.0. The lowest BCUT2D eigenvalue weighted by atomic mass is 10.2. The topological polar surface area (TPSA) is 149 Å². The van der Waals surface area contributed by atoms with Crippen molar-refractivity contribution < 1.29 is 47.7 Å². The van der Waals surface area contributed by atoms with Gasteiger partial charge in [0.25, 0.3) is 5.91 Å². The van der Waals surface area contributed by atoms with Gasteiger partial charge >= 0.3 is 24.4 Å². The maximum Gasteiger partial charge on any atom is 0.421 e. The molecule has 1 aromatic carbocycles. The molecule has 14 heteroatoms. The first-order valence-electron chi connectivity index (χ1n) is 15.4. The highest BCUT2D eigenvalue weighted by molar-refractivity contribution is 6.18. The monoisotopic (exact) mass is 699 g/mol. The Labute approximate surface area is 290 Å². The van der Waals surface area contributed by atoms with Crippen LogP contribution < -0.4 is 4.90 Å². The van der Waals surface area contributed by atoms with E-state index in [0.29, 0.717) is 21.9 Å². The molecule has 0 aliphatic rings. The van der Waals surface area contributed by atoms with Gasteiger partial charge in [-0.25, -0.2) is 29.0 Å². The summed E-state index contributed by atoms with van der Waals surface area (Å²) in [6.45, 7) is 24.3. The highest BCUT2D eigenvalue weighted by Gasteiger charge is 2.37. The van der Waals surface area contributed by atoms with Crippen molar-refractivity contribution in [1.82, 2.24) is 9.80 Å². The summed E-state index contributed by atoms with van der Waals surface area (Å²) in [7, 11) is 0. The van der Waals surface area contributed by atoms with Gasteiger partial charge < -0.3 is 18.9 Å². The molecule has 0 unspecified atom stereocenters. The number of ketones is 1. The zero-order valence-electron chi connectivity index (χ0n) is 30.7. The largest absolute Gasteiger partial charge is 0.445 e. The molecule has 0 bridgehead atoms. The molecule has 0 spiro atoms. The van der Waals surface area contributed by atoms with E-state index in [1.807, 2.05) is 13.8 Å². The predicted molar refractivity (Wildman–Crippen MR) is 185 cm³/mol. The van der Waals surface area contributed by atoms with Crippen LogP contribution in [0.3, 0.4) is 0 Å². The first kappa shape index (κ1) is 46.0. The molecule has 0 saturated carbocycles. The fourth-order valence-electron chi connectivity index (χ4n) is 2.94. The van der Waals surface area contributed by atoms with Gasteiger partial charge in [0.1, 0.15) is 30.0 Å². The normalized spacial score (nSPS) is 10.8. The van der Waals surface area contributed by atoms with Gasteiger partial charge in [-0.3, -0.25) is 14.5 Å². The Morgan fingerprint density at radius 2 is 1.15 bits per heavy atom. The van der Waals surface area contributed by atoms with Crippen molar-refractivity contribution in [3.8, 4) is 0 Å². The van der Waals surface area contributed by atoms with Crippen LogP contribution >= 0.6 is 11.6 Å². The molecule has 0 N–H and O–H groups in total. The van der Waals surface area contributed by atoms with Gasteiger partial charge in [0.2, 0.25) is 0 Å². The van der Waals surface area contributed by atoms with Gasteiger partial charge in [-0.2, -0.15) is 0 Å². The number of ether oxygens (including phenoxy) is 4. The van der Waals surface area contributed by atoms with Gasteiger partial charge in [0.15, 0.2) is 5.78 Å². The van der Waals surface area contributed by atoms with Crippen molar-refractivity contribution in [2.45, 2.75) is 113 Å². The van der Waals surface area contributed by atoms with Crippen molar-refractivity contribution in [3.05, 3.63) is 42.5 Å². The number of halogens is 1. The van der Waals surface area contributed by atoms with Crippen LogP contribution in [0.5, 0.6) is 0 Å². The Morgan fingerprint density at radius 3 is 1.48 bits per heavy atom. The minimum absolute atomic E-state index is 0.0185. The molecule has 5 amide bonds. The quantitative estimate of drug-likeness (QED) is 0.113. The number of alkyl halides is 1. The molecule has 0 aromatic heterocycles. The third kappa shape index (κ3) is 19.5. The van der Waals surface area contributed by atoms with Crippen molar-refractivity contribution >= 4 is 53.4 Å². The molecule has 13 nitrogen and oxygen atoms in total. The molecule has 1 rings (SSSR count). The molecule has 1 aromatic rings. The van der Waals surface area contributed by atoms with Crippen molar-refractivity contribution in [2.24, 2.45) is 0 Å². The number of hydrogen-bond donors (Lipinski definition) is 0. The third-order valence-electron chi connectivity index (χ3n) is 4.98. The third-order valence-corrected chi connectivity index (χ3v) is 5.26. The number of carbonyl (C=O) groups excluding carboxylic acids is 6. The highest BCUT2D eigenvalue weighted by atomic mass is 35.5. The van der Waals surface area contributed by atoms with Crippen molar-refractivity contribution in [1.29, 1.82) is 0 Å². The van der Waals surface area contributed by atoms with E-state index < -0.39 is 53.6 Å². The average molecular weight is 700 g/mol. The van der Waals surface area contributed by atoms with Crippen molar-refractivity contribution in [2.75, 3.05) is 24.0 Å². The summed E-state index contributed by atoms with van der Waals surface area (Å²) in [5, 5.41) is 0. The van der Waals surface area contributed by atoms with Gasteiger partial charge in [0.05, 0.1) is 11.7 Å². The van der Waals surface area contributed by atoms with Crippen LogP contribution in [0.4, 0.5) is 24.9 Å². The van der Waals surface area contributed by atoms with E-state index in [4.69, 9.17) is 30.5 Å². The highest BCUT2D eigenvalue weighted by Crippen LogP contribution is 2.22. The molecule has 48 heavy (non-hydrogen) atoms. The lowest BCUT2D eigenvalue weighted by molar-refractivity contribution is -0.119. The average Bonchev–Trinajstić information content (AvgIpc) is 2.94. The van der Waals surface area contributed by atoms with Crippen molar-refractivity contribution in [3.63, 3.8) is 0 Å². The zero-order chi connectivity index (χ0) is 38.0. The van der Waals surface area contributed by atoms with E-state index in [9.17, 15) is 28.8 Å². The molecule has 272 valence electrons. The number of anilines is 1. The molecule has 0 atom stereocenters. The predicted octanol–water partition coefficient (Wildman–Crippen LogP) is 8.07. The van der Waals surface area contributed by atoms with Crippen LogP contribution in [0.2, 0.25) is 0 Å². The lowest BCUT2D eigenvalue weighted by Gasteiger charge is -2.30. The Kier molecular flexibility index (Phi) is 20.1. The Balaban J connectivity index is 0. The van der Waals surface area contributed by atoms with Gasteiger partial charge in [-0.1, -0.05) is 32.6 Å². The molecule has 0 aliphatic heterocycles. The van der Waals surface area contributed by atoms with E-state index in [1.54, 1.807) is 81.4 Å². The summed E-state index contributed by atoms with van der Waals surface area (Å²) < 4.78 is 21.3. The molecule has 0 saturated heterocycles. The minimum Gasteiger partial charge on any atom is -0.445 e. The van der Waals surface area contributed by atoms with E-state index in [2.05, 4.69) is 6.58 Å². The molecular formula is C34H54ClN3O10. The van der Waals surface area contributed by atoms with E-state index in [0.717, 1.165) is 0 Å². The number of benzene rings is 1. The maximum absolute atomic E-state index is 13.5. The maximum atomic E-state index is 13.5. The van der Waals surface area contributed by atoms with Crippen LogP contribution in [-0.4, -0.2) is 81.8 Å². The molecule has 0 aliphatic carbocycles. The summed E-state index contributed by atoms with van der Waals surface area (Å²) >= 11 is 5.73. The Morgan fingerprint density at radius 1 is 0.750 bits per heavy atom. The number of carbonyl (C=O) groups is 6. The number of imide groups is 2. The van der Waals surface area contributed by atoms with Crippen LogP contribution in [0, 0.1) is 0 Å². The molecule has 0 fully saturated rings. The SMILES string of the molecule is C=CC(C)=O.CC.CCN(CCl)C(=O)OCc1ccc(N(C(=O)CN(C(=O)OC(C)(C)C)C(=O)OC(C)(C)C)C(=O)OC(C)(C)C)cc1. The standard InChI is InChI=1S/C28H42ClN3O9.C4H6O.C2H6/c1-11-30(18-29)22(34)38-17-19-12-14-20(15-13-19)32(25(37)41-28(8,9)10)21(33)16-31(23(35)39-26(2,3)4)24(36)40-27(5,6)7;1-3-4(2)5;1-2/h12-15H,11,16-18H2,1-10H3;3H,1H2,2H3;1-2H3. The van der Waals surface area contributed by atoms with E-state index in [1.165, 1.54) is 30.0 Å². The fraction of sp³-hybridized carbons (Fsp3) is 0.588. The first-order chi connectivity index (χ1) is 21.9. The van der Waals surface area contributed by atoms with E-state index in [-0.39, 0.29) is 24.1 Å².